The van der Waals surface area contributed by atoms with Crippen LogP contribution in [0.25, 0.3) is 0 Å². The molecule has 0 spiro atoms. The van der Waals surface area contributed by atoms with Gasteiger partial charge in [-0.05, 0) is 129 Å². The van der Waals surface area contributed by atoms with Crippen LogP contribution in [-0.4, -0.2) is 40.1 Å². The maximum absolute atomic E-state index is 13.3. The van der Waals surface area contributed by atoms with Gasteiger partial charge in [0.1, 0.15) is 0 Å². The van der Waals surface area contributed by atoms with Gasteiger partial charge in [0.2, 0.25) is 5.91 Å². The Hall–Kier alpha value is -1.68. The van der Waals surface area contributed by atoms with Gasteiger partial charge in [-0.2, -0.15) is 0 Å². The number of amides is 1. The van der Waals surface area contributed by atoms with Gasteiger partial charge < -0.3 is 10.0 Å². The van der Waals surface area contributed by atoms with E-state index in [0.29, 0.717) is 35.0 Å². The molecule has 4 nitrogen and oxygen atoms in total. The molecule has 4 fully saturated rings. The number of rotatable bonds is 5. The first kappa shape index (κ1) is 26.5. The van der Waals surface area contributed by atoms with Gasteiger partial charge in [-0.3, -0.25) is 9.78 Å². The van der Waals surface area contributed by atoms with Crippen molar-refractivity contribution >= 4 is 5.91 Å². The topological polar surface area (TPSA) is 53.4 Å². The summed E-state index contributed by atoms with van der Waals surface area (Å²) in [6, 6.07) is 4.24. The second-order valence-electron chi connectivity index (χ2n) is 14.4. The van der Waals surface area contributed by atoms with Gasteiger partial charge >= 0.3 is 0 Å². The number of hydrogen-bond acceptors (Lipinski definition) is 3. The Bertz CT molecular complexity index is 1040. The summed E-state index contributed by atoms with van der Waals surface area (Å²) < 4.78 is 0. The van der Waals surface area contributed by atoms with E-state index >= 15 is 0 Å². The van der Waals surface area contributed by atoms with Crippen molar-refractivity contribution in [1.29, 1.82) is 0 Å². The van der Waals surface area contributed by atoms with Crippen LogP contribution in [0.4, 0.5) is 0 Å². The normalized spacial score (nSPS) is 41.5. The molecule has 5 aliphatic rings. The zero-order valence-corrected chi connectivity index (χ0v) is 24.1. The number of carbonyl (C=O) groups excluding carboxylic acids is 1. The molecule has 1 saturated heterocycles. The monoisotopic (exact) mass is 518 g/mol. The molecule has 4 heteroatoms. The number of hydrogen-bond donors (Lipinski definition) is 1. The molecule has 38 heavy (non-hydrogen) atoms. The van der Waals surface area contributed by atoms with E-state index in [-0.39, 0.29) is 6.10 Å². The van der Waals surface area contributed by atoms with Gasteiger partial charge in [0, 0.05) is 37.8 Å². The highest BCUT2D eigenvalue weighted by Crippen LogP contribution is 2.67. The molecule has 1 aliphatic heterocycles. The summed E-state index contributed by atoms with van der Waals surface area (Å²) in [4.78, 5) is 19.6. The lowest BCUT2D eigenvalue weighted by atomic mass is 9.47. The third-order valence-electron chi connectivity index (χ3n) is 12.6. The summed E-state index contributed by atoms with van der Waals surface area (Å²) in [5.74, 6) is 4.63. The molecule has 9 atom stereocenters. The standard InChI is InChI=1S/C34H50N2O2/c1-23(6-11-32(38)36-20-4-5-25(22-36)24-14-18-35-19-15-24)29-9-10-30-28-8-7-26-21-27(37)12-16-33(26,2)31(28)13-17-34(29,30)3/h7,14-15,18-19,23,25,27-31,37H,4-6,8-13,16-17,20-22H2,1-3H3/t23-,25?,27+,28+,29-,30+,31+,33+,34-/m1/s1. The van der Waals surface area contributed by atoms with Crippen LogP contribution in [0.15, 0.2) is 36.2 Å². The zero-order valence-electron chi connectivity index (χ0n) is 24.1. The Morgan fingerprint density at radius 2 is 1.92 bits per heavy atom. The van der Waals surface area contributed by atoms with E-state index in [1.54, 1.807) is 5.57 Å². The molecule has 6 rings (SSSR count). The third kappa shape index (κ3) is 4.57. The fourth-order valence-electron chi connectivity index (χ4n) is 10.4. The number of nitrogens with zero attached hydrogens (tertiary/aromatic N) is 2. The van der Waals surface area contributed by atoms with Crippen molar-refractivity contribution in [2.45, 2.75) is 110 Å². The number of aliphatic hydroxyl groups is 1. The van der Waals surface area contributed by atoms with E-state index in [2.05, 4.69) is 48.9 Å². The largest absolute Gasteiger partial charge is 0.393 e. The maximum atomic E-state index is 13.3. The van der Waals surface area contributed by atoms with Crippen LogP contribution in [0.1, 0.15) is 109 Å². The van der Waals surface area contributed by atoms with Crippen molar-refractivity contribution in [1.82, 2.24) is 9.88 Å². The van der Waals surface area contributed by atoms with Crippen LogP contribution < -0.4 is 0 Å². The van der Waals surface area contributed by atoms with E-state index in [1.165, 1.54) is 50.5 Å². The highest BCUT2D eigenvalue weighted by atomic mass is 16.3. The van der Waals surface area contributed by atoms with Gasteiger partial charge in [0.05, 0.1) is 6.10 Å². The molecule has 3 saturated carbocycles. The number of aliphatic hydroxyl groups excluding tert-OH is 1. The van der Waals surface area contributed by atoms with Crippen LogP contribution in [0, 0.1) is 40.4 Å². The van der Waals surface area contributed by atoms with Crippen molar-refractivity contribution in [3.05, 3.63) is 41.7 Å². The SMILES string of the molecule is C[C@H](CCC(=O)N1CCCC(c2ccncc2)C1)[C@H]1CC[C@H]2[C@@H]3CC=C4C[C@@H](O)CC[C@]4(C)[C@H]3CC[C@]12C. The summed E-state index contributed by atoms with van der Waals surface area (Å²) in [5, 5.41) is 10.3. The number of carbonyl (C=O) groups is 1. The lowest BCUT2D eigenvalue weighted by Crippen LogP contribution is -2.50. The maximum Gasteiger partial charge on any atom is 0.222 e. The zero-order chi connectivity index (χ0) is 26.5. The van der Waals surface area contributed by atoms with E-state index in [0.717, 1.165) is 62.4 Å². The molecule has 1 aromatic rings. The second kappa shape index (κ2) is 10.4. The van der Waals surface area contributed by atoms with Crippen molar-refractivity contribution in [2.24, 2.45) is 40.4 Å². The van der Waals surface area contributed by atoms with Crippen molar-refractivity contribution in [3.63, 3.8) is 0 Å². The highest BCUT2D eigenvalue weighted by molar-refractivity contribution is 5.76. The molecule has 4 aliphatic carbocycles. The molecule has 0 aromatic carbocycles. The minimum atomic E-state index is -0.120. The number of aromatic nitrogens is 1. The van der Waals surface area contributed by atoms with E-state index in [9.17, 15) is 9.90 Å². The number of piperidine rings is 1. The Morgan fingerprint density at radius 3 is 2.74 bits per heavy atom. The van der Waals surface area contributed by atoms with Crippen LogP contribution >= 0.6 is 0 Å². The fourth-order valence-corrected chi connectivity index (χ4v) is 10.4. The summed E-state index contributed by atoms with van der Waals surface area (Å²) in [5.41, 5.74) is 3.65. The quantitative estimate of drug-likeness (QED) is 0.421. The fraction of sp³-hybridized carbons (Fsp3) is 0.765. The highest BCUT2D eigenvalue weighted by Gasteiger charge is 2.59. The summed E-state index contributed by atoms with van der Waals surface area (Å²) in [6.07, 6.45) is 19.9. The van der Waals surface area contributed by atoms with Crippen LogP contribution in [0.5, 0.6) is 0 Å². The minimum absolute atomic E-state index is 0.120. The number of allylic oxidation sites excluding steroid dienone is 1. The third-order valence-corrected chi connectivity index (χ3v) is 12.6. The van der Waals surface area contributed by atoms with Crippen molar-refractivity contribution < 1.29 is 9.90 Å². The average Bonchev–Trinajstić information content (AvgIpc) is 3.30. The first-order chi connectivity index (χ1) is 18.3. The van der Waals surface area contributed by atoms with Gasteiger partial charge in [-0.15, -0.1) is 0 Å². The summed E-state index contributed by atoms with van der Waals surface area (Å²) in [6.45, 7) is 9.41. The lowest BCUT2D eigenvalue weighted by molar-refractivity contribution is -0.133. The van der Waals surface area contributed by atoms with Crippen LogP contribution in [0.3, 0.4) is 0 Å². The van der Waals surface area contributed by atoms with Crippen molar-refractivity contribution in [2.75, 3.05) is 13.1 Å². The summed E-state index contributed by atoms with van der Waals surface area (Å²) >= 11 is 0. The molecule has 1 aromatic heterocycles. The Balaban J connectivity index is 1.07. The number of likely N-dealkylation sites (tertiary alicyclic amines) is 1. The Kier molecular flexibility index (Phi) is 7.25. The molecule has 1 amide bonds. The molecule has 2 heterocycles. The Labute approximate surface area is 230 Å². The first-order valence-corrected chi connectivity index (χ1v) is 15.8. The average molecular weight is 519 g/mol. The molecule has 208 valence electrons. The van der Waals surface area contributed by atoms with Crippen LogP contribution in [0.2, 0.25) is 0 Å². The van der Waals surface area contributed by atoms with E-state index in [4.69, 9.17) is 0 Å². The predicted molar refractivity (Wildman–Crippen MR) is 152 cm³/mol. The second-order valence-corrected chi connectivity index (χ2v) is 14.4. The number of fused-ring (bicyclic) bond motifs is 5. The van der Waals surface area contributed by atoms with Crippen LogP contribution in [-0.2, 0) is 4.79 Å². The Morgan fingerprint density at radius 1 is 1.11 bits per heavy atom. The van der Waals surface area contributed by atoms with Gasteiger partial charge in [-0.1, -0.05) is 32.4 Å². The molecular formula is C34H50N2O2. The summed E-state index contributed by atoms with van der Waals surface area (Å²) in [7, 11) is 0. The number of pyridine rings is 1. The van der Waals surface area contributed by atoms with Crippen molar-refractivity contribution in [3.8, 4) is 0 Å². The molecular weight excluding hydrogens is 468 g/mol. The van der Waals surface area contributed by atoms with Gasteiger partial charge in [0.25, 0.3) is 0 Å². The molecule has 0 bridgehead atoms. The van der Waals surface area contributed by atoms with Gasteiger partial charge in [0.15, 0.2) is 0 Å². The van der Waals surface area contributed by atoms with E-state index < -0.39 is 0 Å². The minimum Gasteiger partial charge on any atom is -0.393 e. The van der Waals surface area contributed by atoms with Gasteiger partial charge in [-0.25, -0.2) is 0 Å². The molecule has 1 unspecified atom stereocenters. The van der Waals surface area contributed by atoms with E-state index in [1.807, 2.05) is 12.4 Å². The predicted octanol–water partition coefficient (Wildman–Crippen LogP) is 7.14. The lowest BCUT2D eigenvalue weighted by Gasteiger charge is -2.58. The molecule has 1 N–H and O–H groups in total. The smallest absolute Gasteiger partial charge is 0.222 e. The molecule has 0 radical (unpaired) electrons. The first-order valence-electron chi connectivity index (χ1n) is 15.8.